The number of anilines is 1. The van der Waals surface area contributed by atoms with Crippen LogP contribution in [0.5, 0.6) is 0 Å². The lowest BCUT2D eigenvalue weighted by Gasteiger charge is -2.32. The Balaban J connectivity index is 2.01. The van der Waals surface area contributed by atoms with E-state index in [1.807, 2.05) is 7.05 Å². The molecule has 20 heavy (non-hydrogen) atoms. The molecule has 6 heteroatoms. The number of rotatable bonds is 4. The number of ether oxygens (including phenoxy) is 1. The number of methoxy groups -OCH3 is 1. The summed E-state index contributed by atoms with van der Waals surface area (Å²) < 4.78 is 4.67. The number of piperidine rings is 1. The Morgan fingerprint density at radius 1 is 1.55 bits per heavy atom. The Kier molecular flexibility index (Phi) is 4.89. The summed E-state index contributed by atoms with van der Waals surface area (Å²) in [4.78, 5) is 24.3. The lowest BCUT2D eigenvalue weighted by molar-refractivity contribution is 0.0593. The summed E-state index contributed by atoms with van der Waals surface area (Å²) in [5.41, 5.74) is 0.248. The lowest BCUT2D eigenvalue weighted by Crippen LogP contribution is -2.38. The van der Waals surface area contributed by atoms with Crippen molar-refractivity contribution in [2.45, 2.75) is 12.8 Å². The average molecular weight is 278 g/mol. The third kappa shape index (κ3) is 3.66. The van der Waals surface area contributed by atoms with E-state index in [0.29, 0.717) is 11.7 Å². The molecule has 1 unspecified atom stereocenters. The van der Waals surface area contributed by atoms with Crippen molar-refractivity contribution in [3.8, 4) is 0 Å². The summed E-state index contributed by atoms with van der Waals surface area (Å²) in [7, 11) is 5.49. The molecule has 0 radical (unpaired) electrons. The minimum absolute atomic E-state index is 0.248. The van der Waals surface area contributed by atoms with Crippen LogP contribution in [0.2, 0.25) is 0 Å². The van der Waals surface area contributed by atoms with Crippen molar-refractivity contribution in [3.63, 3.8) is 0 Å². The summed E-state index contributed by atoms with van der Waals surface area (Å²) in [5, 5.41) is 0. The Morgan fingerprint density at radius 2 is 2.35 bits per heavy atom. The first-order valence-electron chi connectivity index (χ1n) is 6.90. The quantitative estimate of drug-likeness (QED) is 0.767. The zero-order chi connectivity index (χ0) is 14.5. The van der Waals surface area contributed by atoms with E-state index in [4.69, 9.17) is 0 Å². The molecule has 2 rings (SSSR count). The van der Waals surface area contributed by atoms with Gasteiger partial charge in [0.1, 0.15) is 5.82 Å². The van der Waals surface area contributed by atoms with Crippen LogP contribution in [0.15, 0.2) is 12.4 Å². The molecule has 110 valence electrons. The maximum Gasteiger partial charge on any atom is 0.358 e. The van der Waals surface area contributed by atoms with Gasteiger partial charge in [0.05, 0.1) is 19.5 Å². The van der Waals surface area contributed by atoms with Gasteiger partial charge in [0.2, 0.25) is 0 Å². The number of hydrogen-bond acceptors (Lipinski definition) is 6. The number of carbonyl (C=O) groups excluding carboxylic acids is 1. The fourth-order valence-corrected chi connectivity index (χ4v) is 2.65. The van der Waals surface area contributed by atoms with Gasteiger partial charge in [-0.3, -0.25) is 4.98 Å². The van der Waals surface area contributed by atoms with Crippen molar-refractivity contribution in [1.29, 1.82) is 0 Å². The molecule has 0 spiro atoms. The molecule has 2 heterocycles. The predicted molar refractivity (Wildman–Crippen MR) is 76.9 cm³/mol. The molecule has 0 bridgehead atoms. The van der Waals surface area contributed by atoms with Gasteiger partial charge in [0.25, 0.3) is 0 Å². The second-order valence-corrected chi connectivity index (χ2v) is 5.41. The van der Waals surface area contributed by atoms with Gasteiger partial charge in [-0.2, -0.15) is 0 Å². The fourth-order valence-electron chi connectivity index (χ4n) is 2.65. The number of esters is 1. The third-order valence-electron chi connectivity index (χ3n) is 3.66. The van der Waals surface area contributed by atoms with Gasteiger partial charge in [-0.25, -0.2) is 9.78 Å². The summed E-state index contributed by atoms with van der Waals surface area (Å²) in [6.07, 6.45) is 5.58. The predicted octanol–water partition coefficient (Wildman–Crippen LogP) is 1.04. The summed E-state index contributed by atoms with van der Waals surface area (Å²) in [6, 6.07) is 0. The highest BCUT2D eigenvalue weighted by Gasteiger charge is 2.20. The van der Waals surface area contributed by atoms with Crippen molar-refractivity contribution in [3.05, 3.63) is 18.1 Å². The van der Waals surface area contributed by atoms with Gasteiger partial charge < -0.3 is 14.5 Å². The van der Waals surface area contributed by atoms with Crippen LogP contribution < -0.4 is 4.90 Å². The second-order valence-electron chi connectivity index (χ2n) is 5.41. The first-order valence-corrected chi connectivity index (χ1v) is 6.90. The smallest absolute Gasteiger partial charge is 0.358 e. The summed E-state index contributed by atoms with van der Waals surface area (Å²) >= 11 is 0. The molecule has 0 amide bonds. The van der Waals surface area contributed by atoms with E-state index in [2.05, 4.69) is 31.6 Å². The monoisotopic (exact) mass is 278 g/mol. The molecule has 6 nitrogen and oxygen atoms in total. The summed E-state index contributed by atoms with van der Waals surface area (Å²) in [6.45, 7) is 3.20. The molecule has 0 N–H and O–H groups in total. The Bertz CT molecular complexity index is 466. The molecule has 1 aliphatic heterocycles. The van der Waals surface area contributed by atoms with Crippen molar-refractivity contribution < 1.29 is 9.53 Å². The molecule has 0 aliphatic carbocycles. The minimum Gasteiger partial charge on any atom is -0.464 e. The van der Waals surface area contributed by atoms with Gasteiger partial charge in [-0.1, -0.05) is 0 Å². The molecular weight excluding hydrogens is 256 g/mol. The molecule has 1 aromatic rings. The van der Waals surface area contributed by atoms with E-state index in [-0.39, 0.29) is 5.69 Å². The normalized spacial score (nSPS) is 19.6. The SMILES string of the molecule is COC(=O)c1cncc(N(C)CC2CCCN(C)C2)n1. The minimum atomic E-state index is -0.454. The molecule has 1 aromatic heterocycles. The maximum atomic E-state index is 11.5. The summed E-state index contributed by atoms with van der Waals surface area (Å²) in [5.74, 6) is 0.883. The van der Waals surface area contributed by atoms with Crippen molar-refractivity contribution in [2.24, 2.45) is 5.92 Å². The first kappa shape index (κ1) is 14.7. The zero-order valence-electron chi connectivity index (χ0n) is 12.4. The van der Waals surface area contributed by atoms with Crippen LogP contribution in [0.4, 0.5) is 5.82 Å². The van der Waals surface area contributed by atoms with Crippen LogP contribution in [0.1, 0.15) is 23.3 Å². The largest absolute Gasteiger partial charge is 0.464 e. The molecule has 1 saturated heterocycles. The molecular formula is C14H22N4O2. The molecule has 1 atom stereocenters. The van der Waals surface area contributed by atoms with Crippen molar-refractivity contribution >= 4 is 11.8 Å². The van der Waals surface area contributed by atoms with E-state index in [1.54, 1.807) is 6.20 Å². The highest BCUT2D eigenvalue weighted by atomic mass is 16.5. The standard InChI is InChI=1S/C14H22N4O2/c1-17-6-4-5-11(9-17)10-18(2)13-8-15-7-12(16-13)14(19)20-3/h7-8,11H,4-6,9-10H2,1-3H3. The van der Waals surface area contributed by atoms with Crippen LogP contribution in [-0.4, -0.2) is 61.7 Å². The fraction of sp³-hybridized carbons (Fsp3) is 0.643. The number of aromatic nitrogens is 2. The topological polar surface area (TPSA) is 58.6 Å². The molecule has 0 saturated carbocycles. The van der Waals surface area contributed by atoms with E-state index < -0.39 is 5.97 Å². The van der Waals surface area contributed by atoms with E-state index >= 15 is 0 Å². The first-order chi connectivity index (χ1) is 9.60. The Labute approximate surface area is 119 Å². The van der Waals surface area contributed by atoms with Crippen molar-refractivity contribution in [1.82, 2.24) is 14.9 Å². The van der Waals surface area contributed by atoms with E-state index in [9.17, 15) is 4.79 Å². The van der Waals surface area contributed by atoms with Gasteiger partial charge in [-0.15, -0.1) is 0 Å². The van der Waals surface area contributed by atoms with Crippen LogP contribution in [0, 0.1) is 5.92 Å². The van der Waals surface area contributed by atoms with Gasteiger partial charge in [-0.05, 0) is 32.4 Å². The van der Waals surface area contributed by atoms with Crippen LogP contribution in [0.25, 0.3) is 0 Å². The Morgan fingerprint density at radius 3 is 3.05 bits per heavy atom. The number of nitrogens with zero attached hydrogens (tertiary/aromatic N) is 4. The highest BCUT2D eigenvalue weighted by molar-refractivity contribution is 5.87. The van der Waals surface area contributed by atoms with Crippen LogP contribution in [0.3, 0.4) is 0 Å². The molecule has 0 aromatic carbocycles. The molecule has 1 aliphatic rings. The van der Waals surface area contributed by atoms with Gasteiger partial charge in [0.15, 0.2) is 5.69 Å². The number of carbonyl (C=O) groups is 1. The maximum absolute atomic E-state index is 11.5. The zero-order valence-corrected chi connectivity index (χ0v) is 12.4. The van der Waals surface area contributed by atoms with Crippen LogP contribution in [-0.2, 0) is 4.74 Å². The van der Waals surface area contributed by atoms with Crippen LogP contribution >= 0.6 is 0 Å². The van der Waals surface area contributed by atoms with Crippen molar-refractivity contribution in [2.75, 3.05) is 45.7 Å². The molecule has 1 fully saturated rings. The highest BCUT2D eigenvalue weighted by Crippen LogP contribution is 2.18. The second kappa shape index (κ2) is 6.65. The van der Waals surface area contributed by atoms with Gasteiger partial charge >= 0.3 is 5.97 Å². The number of hydrogen-bond donors (Lipinski definition) is 0. The van der Waals surface area contributed by atoms with E-state index in [0.717, 1.165) is 13.1 Å². The third-order valence-corrected chi connectivity index (χ3v) is 3.66. The number of likely N-dealkylation sites (tertiary alicyclic amines) is 1. The Hall–Kier alpha value is -1.69. The average Bonchev–Trinajstić information content (AvgIpc) is 2.46. The lowest BCUT2D eigenvalue weighted by atomic mass is 9.98. The van der Waals surface area contributed by atoms with Gasteiger partial charge in [0, 0.05) is 20.1 Å². The van der Waals surface area contributed by atoms with E-state index in [1.165, 1.54) is 32.7 Å².